The molecule has 5 heteroatoms. The van der Waals surface area contributed by atoms with Crippen molar-refractivity contribution < 1.29 is 9.53 Å². The summed E-state index contributed by atoms with van der Waals surface area (Å²) in [7, 11) is 0. The van der Waals surface area contributed by atoms with Crippen LogP contribution >= 0.6 is 15.9 Å². The molecule has 116 valence electrons. The van der Waals surface area contributed by atoms with Crippen molar-refractivity contribution in [1.82, 2.24) is 10.6 Å². The van der Waals surface area contributed by atoms with Crippen LogP contribution in [0.25, 0.3) is 0 Å². The van der Waals surface area contributed by atoms with E-state index in [-0.39, 0.29) is 11.9 Å². The molecule has 1 fully saturated rings. The van der Waals surface area contributed by atoms with Gasteiger partial charge in [-0.25, -0.2) is 0 Å². The molecule has 0 aliphatic heterocycles. The van der Waals surface area contributed by atoms with Crippen molar-refractivity contribution in [2.45, 2.75) is 58.3 Å². The number of hydrogen-bond acceptors (Lipinski definition) is 3. The smallest absolute Gasteiger partial charge is 0.260 e. The Morgan fingerprint density at radius 1 is 1.38 bits per heavy atom. The van der Waals surface area contributed by atoms with E-state index in [0.29, 0.717) is 6.04 Å². The minimum Gasteiger partial charge on any atom is -0.479 e. The summed E-state index contributed by atoms with van der Waals surface area (Å²) < 4.78 is 6.77. The van der Waals surface area contributed by atoms with Gasteiger partial charge in [-0.05, 0) is 55.6 Å². The Kier molecular flexibility index (Phi) is 5.65. The summed E-state index contributed by atoms with van der Waals surface area (Å²) in [6.45, 7) is 6.41. The van der Waals surface area contributed by atoms with Crippen LogP contribution in [0.4, 0.5) is 0 Å². The highest BCUT2D eigenvalue weighted by atomic mass is 79.9. The Morgan fingerprint density at radius 2 is 2.10 bits per heavy atom. The number of halogens is 1. The maximum Gasteiger partial charge on any atom is 0.260 e. The van der Waals surface area contributed by atoms with Gasteiger partial charge in [0, 0.05) is 24.2 Å². The third-order valence-corrected chi connectivity index (χ3v) is 3.93. The number of rotatable bonds is 7. The van der Waals surface area contributed by atoms with E-state index in [9.17, 15) is 4.79 Å². The Labute approximate surface area is 134 Å². The fourth-order valence-corrected chi connectivity index (χ4v) is 2.50. The van der Waals surface area contributed by atoms with Crippen LogP contribution in [0.2, 0.25) is 0 Å². The van der Waals surface area contributed by atoms with E-state index in [0.717, 1.165) is 22.3 Å². The average Bonchev–Trinajstić information content (AvgIpc) is 3.22. The molecular formula is C16H23BrN2O2. The van der Waals surface area contributed by atoms with Gasteiger partial charge in [0.1, 0.15) is 5.75 Å². The largest absolute Gasteiger partial charge is 0.479 e. The van der Waals surface area contributed by atoms with Gasteiger partial charge in [-0.1, -0.05) is 12.1 Å². The van der Waals surface area contributed by atoms with Crippen LogP contribution in [-0.4, -0.2) is 24.1 Å². The zero-order valence-electron chi connectivity index (χ0n) is 12.8. The highest BCUT2D eigenvalue weighted by Gasteiger charge is 2.22. The first-order valence-electron chi connectivity index (χ1n) is 7.45. The van der Waals surface area contributed by atoms with Gasteiger partial charge < -0.3 is 15.4 Å². The minimum absolute atomic E-state index is 0.0955. The quantitative estimate of drug-likeness (QED) is 0.791. The van der Waals surface area contributed by atoms with Crippen LogP contribution < -0.4 is 15.4 Å². The number of carbonyl (C=O) groups excluding carboxylic acids is 1. The molecule has 21 heavy (non-hydrogen) atoms. The van der Waals surface area contributed by atoms with Gasteiger partial charge in [0.05, 0.1) is 4.47 Å². The van der Waals surface area contributed by atoms with Gasteiger partial charge in [0.2, 0.25) is 0 Å². The molecule has 0 bridgehead atoms. The van der Waals surface area contributed by atoms with Crippen LogP contribution in [0.15, 0.2) is 22.7 Å². The number of hydrogen-bond donors (Lipinski definition) is 2. The van der Waals surface area contributed by atoms with Crippen molar-refractivity contribution in [3.05, 3.63) is 28.2 Å². The third-order valence-electron chi connectivity index (χ3n) is 3.30. The fraction of sp³-hybridized carbons (Fsp3) is 0.562. The second-order valence-electron chi connectivity index (χ2n) is 5.81. The van der Waals surface area contributed by atoms with Crippen molar-refractivity contribution >= 4 is 21.8 Å². The summed E-state index contributed by atoms with van der Waals surface area (Å²) in [5.41, 5.74) is 1.07. The molecular weight excluding hydrogens is 332 g/mol. The molecule has 1 aromatic rings. The maximum atomic E-state index is 12.0. The van der Waals surface area contributed by atoms with Crippen molar-refractivity contribution in [2.75, 3.05) is 0 Å². The normalized spacial score (nSPS) is 15.9. The number of nitrogens with one attached hydrogen (secondary N) is 2. The molecule has 1 aliphatic rings. The standard InChI is InChI=1S/C16H23BrN2O2/c1-10(2)19-16(20)11(3)21-15-12(5-4-6-14(15)17)9-18-13-7-8-13/h4-6,10-11,13,18H,7-9H2,1-3H3,(H,19,20). The van der Waals surface area contributed by atoms with Crippen LogP contribution in [0, 0.1) is 0 Å². The Balaban J connectivity index is 2.04. The fourth-order valence-electron chi connectivity index (χ4n) is 2.00. The Morgan fingerprint density at radius 3 is 2.71 bits per heavy atom. The molecule has 0 heterocycles. The van der Waals surface area contributed by atoms with Gasteiger partial charge in [0.15, 0.2) is 6.10 Å². The molecule has 0 radical (unpaired) electrons. The zero-order chi connectivity index (χ0) is 15.4. The lowest BCUT2D eigenvalue weighted by Gasteiger charge is -2.19. The summed E-state index contributed by atoms with van der Waals surface area (Å²) in [4.78, 5) is 12.0. The Hall–Kier alpha value is -1.07. The summed E-state index contributed by atoms with van der Waals surface area (Å²) in [5, 5.41) is 6.34. The van der Waals surface area contributed by atoms with Gasteiger partial charge >= 0.3 is 0 Å². The monoisotopic (exact) mass is 354 g/mol. The predicted molar refractivity (Wildman–Crippen MR) is 87.4 cm³/mol. The van der Waals surface area contributed by atoms with Crippen molar-refractivity contribution in [1.29, 1.82) is 0 Å². The molecule has 1 atom stereocenters. The van der Waals surface area contributed by atoms with Gasteiger partial charge in [-0.3, -0.25) is 4.79 Å². The predicted octanol–water partition coefficient (Wildman–Crippen LogP) is 2.99. The second-order valence-corrected chi connectivity index (χ2v) is 6.66. The molecule has 1 amide bonds. The Bertz CT molecular complexity index is 501. The van der Waals surface area contributed by atoms with Crippen LogP contribution in [0.1, 0.15) is 39.2 Å². The molecule has 0 spiro atoms. The number of amides is 1. The van der Waals surface area contributed by atoms with Crippen LogP contribution in [-0.2, 0) is 11.3 Å². The highest BCUT2D eigenvalue weighted by molar-refractivity contribution is 9.10. The van der Waals surface area contributed by atoms with E-state index in [4.69, 9.17) is 4.74 Å². The topological polar surface area (TPSA) is 50.4 Å². The molecule has 0 saturated heterocycles. The van der Waals surface area contributed by atoms with E-state index < -0.39 is 6.10 Å². The van der Waals surface area contributed by atoms with Gasteiger partial charge in [-0.2, -0.15) is 0 Å². The SMILES string of the molecule is CC(C)NC(=O)C(C)Oc1c(Br)cccc1CNC1CC1. The molecule has 2 N–H and O–H groups in total. The first-order valence-corrected chi connectivity index (χ1v) is 8.24. The highest BCUT2D eigenvalue weighted by Crippen LogP contribution is 2.31. The molecule has 1 unspecified atom stereocenters. The minimum atomic E-state index is -0.522. The molecule has 2 rings (SSSR count). The van der Waals surface area contributed by atoms with Crippen LogP contribution in [0.5, 0.6) is 5.75 Å². The van der Waals surface area contributed by atoms with E-state index in [1.54, 1.807) is 6.92 Å². The van der Waals surface area contributed by atoms with Gasteiger partial charge in [-0.15, -0.1) is 0 Å². The van der Waals surface area contributed by atoms with E-state index in [1.165, 1.54) is 12.8 Å². The number of para-hydroxylation sites is 1. The van der Waals surface area contributed by atoms with Crippen molar-refractivity contribution in [2.24, 2.45) is 0 Å². The molecule has 1 aliphatic carbocycles. The third kappa shape index (κ3) is 5.00. The lowest BCUT2D eigenvalue weighted by Crippen LogP contribution is -2.40. The van der Waals surface area contributed by atoms with Crippen LogP contribution in [0.3, 0.4) is 0 Å². The second kappa shape index (κ2) is 7.27. The summed E-state index contributed by atoms with van der Waals surface area (Å²) in [5.74, 6) is 0.652. The van der Waals surface area contributed by atoms with Crippen molar-refractivity contribution in [3.8, 4) is 5.75 Å². The lowest BCUT2D eigenvalue weighted by molar-refractivity contribution is -0.127. The number of benzene rings is 1. The first kappa shape index (κ1) is 16.3. The summed E-state index contributed by atoms with van der Waals surface area (Å²) in [6, 6.07) is 6.70. The molecule has 4 nitrogen and oxygen atoms in total. The van der Waals surface area contributed by atoms with E-state index in [1.807, 2.05) is 32.0 Å². The van der Waals surface area contributed by atoms with Gasteiger partial charge in [0.25, 0.3) is 5.91 Å². The first-order chi connectivity index (χ1) is 9.97. The zero-order valence-corrected chi connectivity index (χ0v) is 14.4. The summed E-state index contributed by atoms with van der Waals surface area (Å²) in [6.07, 6.45) is 1.97. The molecule has 0 aromatic heterocycles. The maximum absolute atomic E-state index is 12.0. The molecule has 1 aromatic carbocycles. The van der Waals surface area contributed by atoms with E-state index in [2.05, 4.69) is 26.6 Å². The average molecular weight is 355 g/mol. The number of ether oxygens (including phenoxy) is 1. The lowest BCUT2D eigenvalue weighted by atomic mass is 10.2. The van der Waals surface area contributed by atoms with E-state index >= 15 is 0 Å². The summed E-state index contributed by atoms with van der Waals surface area (Å²) >= 11 is 3.51. The molecule has 1 saturated carbocycles. The van der Waals surface area contributed by atoms with Crippen molar-refractivity contribution in [3.63, 3.8) is 0 Å². The number of carbonyl (C=O) groups is 1.